The van der Waals surface area contributed by atoms with Gasteiger partial charge in [0.2, 0.25) is 0 Å². The van der Waals surface area contributed by atoms with Crippen LogP contribution in [0.15, 0.2) is 30.3 Å². The van der Waals surface area contributed by atoms with Gasteiger partial charge in [-0.25, -0.2) is 8.42 Å². The van der Waals surface area contributed by atoms with Crippen LogP contribution in [-0.2, 0) is 9.84 Å². The lowest BCUT2D eigenvalue weighted by molar-refractivity contribution is 0.0848. The van der Waals surface area contributed by atoms with Crippen LogP contribution in [0.25, 0.3) is 0 Å². The normalized spacial score (nSPS) is 21.5. The van der Waals surface area contributed by atoms with Gasteiger partial charge in [0.15, 0.2) is 15.6 Å². The fourth-order valence-electron chi connectivity index (χ4n) is 2.35. The number of nitrogens with zero attached hydrogens (tertiary/aromatic N) is 1. The van der Waals surface area contributed by atoms with E-state index >= 15 is 0 Å². The second-order valence-corrected chi connectivity index (χ2v) is 7.25. The summed E-state index contributed by atoms with van der Waals surface area (Å²) in [4.78, 5) is 14.3. The molecular formula is C14H19NO3S. The van der Waals surface area contributed by atoms with E-state index in [1.54, 1.807) is 12.1 Å². The lowest BCUT2D eigenvalue weighted by Crippen LogP contribution is -2.40. The summed E-state index contributed by atoms with van der Waals surface area (Å²) in [5.41, 5.74) is 0.683. The van der Waals surface area contributed by atoms with Crippen LogP contribution in [0, 0.1) is 0 Å². The van der Waals surface area contributed by atoms with Gasteiger partial charge in [-0.05, 0) is 19.9 Å². The number of carbonyl (C=O) groups is 1. The highest BCUT2D eigenvalue weighted by molar-refractivity contribution is 7.91. The Morgan fingerprint density at radius 2 is 1.84 bits per heavy atom. The Kier molecular flexibility index (Phi) is 4.37. The van der Waals surface area contributed by atoms with E-state index in [1.807, 2.05) is 30.0 Å². The Morgan fingerprint density at radius 1 is 1.16 bits per heavy atom. The van der Waals surface area contributed by atoms with Crippen LogP contribution in [0.3, 0.4) is 0 Å². The van der Waals surface area contributed by atoms with Crippen LogP contribution >= 0.6 is 0 Å². The molecule has 0 amide bonds. The minimum absolute atomic E-state index is 0.0555. The molecule has 104 valence electrons. The summed E-state index contributed by atoms with van der Waals surface area (Å²) < 4.78 is 23.1. The first kappa shape index (κ1) is 14.2. The van der Waals surface area contributed by atoms with Gasteiger partial charge in [0.05, 0.1) is 17.5 Å². The second-order valence-electron chi connectivity index (χ2n) is 4.95. The maximum Gasteiger partial charge on any atom is 0.179 e. The molecule has 0 aromatic heterocycles. The molecule has 0 spiro atoms. The number of benzene rings is 1. The molecule has 1 heterocycles. The Balaban J connectivity index is 2.07. The third kappa shape index (κ3) is 3.64. The molecule has 1 saturated heterocycles. The zero-order chi connectivity index (χ0) is 13.9. The number of ketones is 1. The van der Waals surface area contributed by atoms with Gasteiger partial charge in [-0.3, -0.25) is 9.69 Å². The van der Waals surface area contributed by atoms with Crippen molar-refractivity contribution in [1.82, 2.24) is 4.90 Å². The molecule has 0 bridgehead atoms. The molecule has 4 nitrogen and oxygen atoms in total. The van der Waals surface area contributed by atoms with Crippen LogP contribution in [0.2, 0.25) is 0 Å². The molecular weight excluding hydrogens is 262 g/mol. The van der Waals surface area contributed by atoms with Crippen molar-refractivity contribution >= 4 is 15.6 Å². The van der Waals surface area contributed by atoms with Gasteiger partial charge in [-0.1, -0.05) is 30.3 Å². The Labute approximate surface area is 114 Å². The molecule has 0 radical (unpaired) electrons. The molecule has 1 unspecified atom stereocenters. The van der Waals surface area contributed by atoms with Crippen molar-refractivity contribution in [2.45, 2.75) is 19.4 Å². The fraction of sp³-hybridized carbons (Fsp3) is 0.500. The largest absolute Gasteiger partial charge is 0.292 e. The number of Topliss-reactive ketones (excluding diaryl/α,β-unsaturated/α-hetero) is 1. The summed E-state index contributed by atoms with van der Waals surface area (Å²) in [6, 6.07) is 8.89. The molecule has 1 atom stereocenters. The SMILES string of the molecule is CC(C(=O)c1ccccc1)N1CCCS(=O)(=O)CC1. The molecule has 1 aromatic carbocycles. The van der Waals surface area contributed by atoms with Crippen molar-refractivity contribution in [1.29, 1.82) is 0 Å². The van der Waals surface area contributed by atoms with Gasteiger partial charge >= 0.3 is 0 Å². The Hall–Kier alpha value is -1.20. The number of hydrogen-bond donors (Lipinski definition) is 0. The quantitative estimate of drug-likeness (QED) is 0.785. The zero-order valence-corrected chi connectivity index (χ0v) is 11.9. The topological polar surface area (TPSA) is 54.5 Å². The van der Waals surface area contributed by atoms with Crippen LogP contribution in [-0.4, -0.2) is 49.7 Å². The minimum Gasteiger partial charge on any atom is -0.292 e. The molecule has 1 aliphatic heterocycles. The van der Waals surface area contributed by atoms with Crippen LogP contribution in [0.1, 0.15) is 23.7 Å². The number of sulfone groups is 1. The van der Waals surface area contributed by atoms with Crippen LogP contribution in [0.4, 0.5) is 0 Å². The van der Waals surface area contributed by atoms with Gasteiger partial charge in [-0.15, -0.1) is 0 Å². The van der Waals surface area contributed by atoms with Gasteiger partial charge in [0, 0.05) is 12.1 Å². The highest BCUT2D eigenvalue weighted by atomic mass is 32.2. The van der Waals surface area contributed by atoms with Crippen molar-refractivity contribution < 1.29 is 13.2 Å². The van der Waals surface area contributed by atoms with Crippen molar-refractivity contribution in [2.24, 2.45) is 0 Å². The maximum atomic E-state index is 12.3. The van der Waals surface area contributed by atoms with Crippen molar-refractivity contribution in [3.63, 3.8) is 0 Å². The standard InChI is InChI=1S/C14H19NO3S/c1-12(14(16)13-6-3-2-4-7-13)15-8-5-10-19(17,18)11-9-15/h2-4,6-7,12H,5,8-11H2,1H3. The first-order valence-corrected chi connectivity index (χ1v) is 8.35. The van der Waals surface area contributed by atoms with Crippen LogP contribution < -0.4 is 0 Å². The summed E-state index contributed by atoms with van der Waals surface area (Å²) in [7, 11) is -2.93. The summed E-state index contributed by atoms with van der Waals surface area (Å²) in [5.74, 6) is 0.440. The van der Waals surface area contributed by atoms with Gasteiger partial charge in [0.25, 0.3) is 0 Å². The van der Waals surface area contributed by atoms with Gasteiger partial charge in [-0.2, -0.15) is 0 Å². The predicted octanol–water partition coefficient (Wildman–Crippen LogP) is 1.38. The smallest absolute Gasteiger partial charge is 0.179 e. The molecule has 1 aromatic rings. The first-order chi connectivity index (χ1) is 8.99. The van der Waals surface area contributed by atoms with E-state index in [4.69, 9.17) is 0 Å². The third-order valence-corrected chi connectivity index (χ3v) is 5.29. The molecule has 2 rings (SSSR count). The molecule has 19 heavy (non-hydrogen) atoms. The van der Waals surface area contributed by atoms with Crippen molar-refractivity contribution in [2.75, 3.05) is 24.6 Å². The van der Waals surface area contributed by atoms with E-state index in [2.05, 4.69) is 0 Å². The van der Waals surface area contributed by atoms with E-state index in [-0.39, 0.29) is 23.3 Å². The summed E-state index contributed by atoms with van der Waals surface area (Å²) in [6.07, 6.45) is 0.606. The zero-order valence-electron chi connectivity index (χ0n) is 11.1. The average molecular weight is 281 g/mol. The summed E-state index contributed by atoms with van der Waals surface area (Å²) in [6.45, 7) is 2.97. The lowest BCUT2D eigenvalue weighted by atomic mass is 10.0. The molecule has 0 N–H and O–H groups in total. The molecule has 1 fully saturated rings. The van der Waals surface area contributed by atoms with Gasteiger partial charge in [0.1, 0.15) is 0 Å². The predicted molar refractivity (Wildman–Crippen MR) is 75.1 cm³/mol. The van der Waals surface area contributed by atoms with Gasteiger partial charge < -0.3 is 0 Å². The second kappa shape index (κ2) is 5.84. The summed E-state index contributed by atoms with van der Waals surface area (Å²) >= 11 is 0. The van der Waals surface area contributed by atoms with Crippen LogP contribution in [0.5, 0.6) is 0 Å². The highest BCUT2D eigenvalue weighted by Crippen LogP contribution is 2.13. The third-order valence-electron chi connectivity index (χ3n) is 3.58. The number of rotatable bonds is 3. The van der Waals surface area contributed by atoms with Crippen molar-refractivity contribution in [3.8, 4) is 0 Å². The van der Waals surface area contributed by atoms with E-state index in [0.29, 0.717) is 25.1 Å². The number of carbonyl (C=O) groups excluding carboxylic acids is 1. The monoisotopic (exact) mass is 281 g/mol. The minimum atomic E-state index is -2.93. The lowest BCUT2D eigenvalue weighted by Gasteiger charge is -2.25. The van der Waals surface area contributed by atoms with E-state index in [1.165, 1.54) is 0 Å². The highest BCUT2D eigenvalue weighted by Gasteiger charge is 2.26. The molecule has 1 aliphatic rings. The molecule has 0 aliphatic carbocycles. The van der Waals surface area contributed by atoms with E-state index < -0.39 is 9.84 Å². The Bertz CT molecular complexity index is 539. The fourth-order valence-corrected chi connectivity index (χ4v) is 3.64. The average Bonchev–Trinajstić information content (AvgIpc) is 2.59. The summed E-state index contributed by atoms with van der Waals surface area (Å²) in [5, 5.41) is 0. The first-order valence-electron chi connectivity index (χ1n) is 6.53. The Morgan fingerprint density at radius 3 is 2.53 bits per heavy atom. The molecule has 0 saturated carbocycles. The number of hydrogen-bond acceptors (Lipinski definition) is 4. The van der Waals surface area contributed by atoms with E-state index in [9.17, 15) is 13.2 Å². The molecule has 5 heteroatoms. The van der Waals surface area contributed by atoms with Crippen molar-refractivity contribution in [3.05, 3.63) is 35.9 Å². The van der Waals surface area contributed by atoms with E-state index in [0.717, 1.165) is 0 Å². The maximum absolute atomic E-state index is 12.3.